The second kappa shape index (κ2) is 12.3. The lowest BCUT2D eigenvalue weighted by Gasteiger charge is -2.04. The maximum Gasteiger partial charge on any atom is 0.127 e. The third-order valence-corrected chi connectivity index (χ3v) is 4.02. The van der Waals surface area contributed by atoms with Crippen LogP contribution in [0.3, 0.4) is 0 Å². The number of para-hydroxylation sites is 2. The fourth-order valence-electron chi connectivity index (χ4n) is 2.19. The second-order valence-corrected chi connectivity index (χ2v) is 6.80. The van der Waals surface area contributed by atoms with Crippen molar-refractivity contribution in [3.63, 3.8) is 0 Å². The number of benzene rings is 4. The predicted octanol–water partition coefficient (Wildman–Crippen LogP) is 7.83. The van der Waals surface area contributed by atoms with Crippen molar-refractivity contribution in [2.75, 3.05) is 0 Å². The number of aryl methyl sites for hydroxylation is 2. The summed E-state index contributed by atoms with van der Waals surface area (Å²) >= 11 is 5.61. The normalized spacial score (nSPS) is 9.34. The molecular formula is C26H25ClO2. The van der Waals surface area contributed by atoms with E-state index in [0.29, 0.717) is 5.75 Å². The average Bonchev–Trinajstić information content (AvgIpc) is 2.74. The summed E-state index contributed by atoms with van der Waals surface area (Å²) in [6, 6.07) is 34.3. The van der Waals surface area contributed by atoms with E-state index in [0.717, 1.165) is 16.5 Å². The van der Waals surface area contributed by atoms with Gasteiger partial charge in [-0.25, -0.2) is 0 Å². The number of phenols is 1. The highest BCUT2D eigenvalue weighted by Crippen LogP contribution is 2.20. The van der Waals surface area contributed by atoms with Crippen molar-refractivity contribution in [1.29, 1.82) is 0 Å². The van der Waals surface area contributed by atoms with Crippen LogP contribution in [0.1, 0.15) is 11.1 Å². The highest BCUT2D eigenvalue weighted by Gasteiger charge is 1.94. The number of hydrogen-bond donors (Lipinski definition) is 1. The number of halogens is 1. The molecule has 0 radical (unpaired) electrons. The lowest BCUT2D eigenvalue weighted by molar-refractivity contribution is 0.475. The molecule has 0 saturated carbocycles. The number of rotatable bonds is 2. The van der Waals surface area contributed by atoms with Gasteiger partial charge in [-0.2, -0.15) is 0 Å². The molecule has 3 heteroatoms. The molecule has 0 aliphatic rings. The van der Waals surface area contributed by atoms with Gasteiger partial charge in [-0.15, -0.1) is 0 Å². The van der Waals surface area contributed by atoms with Gasteiger partial charge in [0.1, 0.15) is 17.2 Å². The Morgan fingerprint density at radius 2 is 0.966 bits per heavy atom. The van der Waals surface area contributed by atoms with Crippen LogP contribution < -0.4 is 4.74 Å². The van der Waals surface area contributed by atoms with Crippen LogP contribution in [0.2, 0.25) is 5.02 Å². The molecule has 0 saturated heterocycles. The van der Waals surface area contributed by atoms with E-state index in [1.165, 1.54) is 11.1 Å². The van der Waals surface area contributed by atoms with Crippen molar-refractivity contribution in [3.05, 3.63) is 125 Å². The van der Waals surface area contributed by atoms with Gasteiger partial charge in [0.15, 0.2) is 0 Å². The molecular weight excluding hydrogens is 380 g/mol. The molecule has 0 amide bonds. The Morgan fingerprint density at radius 1 is 0.552 bits per heavy atom. The molecule has 0 unspecified atom stereocenters. The van der Waals surface area contributed by atoms with Crippen LogP contribution in [0.25, 0.3) is 0 Å². The Bertz CT molecular complexity index is 914. The molecule has 0 heterocycles. The third-order valence-electron chi connectivity index (χ3n) is 3.77. The minimum Gasteiger partial charge on any atom is -0.508 e. The van der Waals surface area contributed by atoms with E-state index < -0.39 is 0 Å². The van der Waals surface area contributed by atoms with Crippen molar-refractivity contribution < 1.29 is 9.84 Å². The number of ether oxygens (including phenoxy) is 1. The Labute approximate surface area is 178 Å². The summed E-state index contributed by atoms with van der Waals surface area (Å²) < 4.78 is 5.63. The lowest BCUT2D eigenvalue weighted by atomic mass is 10.2. The Hall–Kier alpha value is -3.23. The molecule has 4 rings (SSSR count). The van der Waals surface area contributed by atoms with Crippen molar-refractivity contribution in [2.24, 2.45) is 0 Å². The van der Waals surface area contributed by atoms with Gasteiger partial charge in [0.2, 0.25) is 0 Å². The van der Waals surface area contributed by atoms with E-state index in [1.54, 1.807) is 24.3 Å². The molecule has 2 nitrogen and oxygen atoms in total. The van der Waals surface area contributed by atoms with Gasteiger partial charge in [0.05, 0.1) is 0 Å². The number of phenolic OH excluding ortho intramolecular Hbond substituents is 1. The molecule has 0 aromatic heterocycles. The van der Waals surface area contributed by atoms with Crippen LogP contribution in [0.15, 0.2) is 109 Å². The zero-order valence-electron chi connectivity index (χ0n) is 16.6. The molecule has 0 aliphatic heterocycles. The lowest BCUT2D eigenvalue weighted by Crippen LogP contribution is -1.82. The first-order valence-corrected chi connectivity index (χ1v) is 9.66. The first kappa shape index (κ1) is 22.1. The molecule has 0 fully saturated rings. The maximum absolute atomic E-state index is 8.63. The van der Waals surface area contributed by atoms with Crippen LogP contribution in [-0.4, -0.2) is 5.11 Å². The Kier molecular flexibility index (Phi) is 9.34. The predicted molar refractivity (Wildman–Crippen MR) is 122 cm³/mol. The topological polar surface area (TPSA) is 29.5 Å². The van der Waals surface area contributed by atoms with Gasteiger partial charge in [-0.3, -0.25) is 0 Å². The number of hydrogen-bond acceptors (Lipinski definition) is 2. The highest BCUT2D eigenvalue weighted by molar-refractivity contribution is 6.30. The smallest absolute Gasteiger partial charge is 0.127 e. The third kappa shape index (κ3) is 9.50. The monoisotopic (exact) mass is 404 g/mol. The minimum atomic E-state index is 0.322. The summed E-state index contributed by atoms with van der Waals surface area (Å²) in [5.41, 5.74) is 2.49. The van der Waals surface area contributed by atoms with Gasteiger partial charge in [-0.1, -0.05) is 83.4 Å². The maximum atomic E-state index is 8.63. The second-order valence-electron chi connectivity index (χ2n) is 6.36. The van der Waals surface area contributed by atoms with Crippen molar-refractivity contribution >= 4 is 11.6 Å². The Morgan fingerprint density at radius 3 is 1.38 bits per heavy atom. The quantitative estimate of drug-likeness (QED) is 0.369. The van der Waals surface area contributed by atoms with Gasteiger partial charge in [0, 0.05) is 5.02 Å². The van der Waals surface area contributed by atoms with Gasteiger partial charge < -0.3 is 9.84 Å². The summed E-state index contributed by atoms with van der Waals surface area (Å²) in [5.74, 6) is 2.07. The van der Waals surface area contributed by atoms with Crippen molar-refractivity contribution in [3.8, 4) is 17.2 Å². The Balaban J connectivity index is 0.000000170. The molecule has 0 bridgehead atoms. The van der Waals surface area contributed by atoms with Crippen LogP contribution in [0.5, 0.6) is 17.2 Å². The zero-order valence-corrected chi connectivity index (χ0v) is 17.4. The zero-order chi connectivity index (χ0) is 20.9. The molecule has 4 aromatic rings. The summed E-state index contributed by atoms with van der Waals surface area (Å²) in [5, 5.41) is 9.43. The first-order valence-electron chi connectivity index (χ1n) is 9.28. The molecule has 29 heavy (non-hydrogen) atoms. The van der Waals surface area contributed by atoms with Gasteiger partial charge in [-0.05, 0) is 62.4 Å². The summed E-state index contributed by atoms with van der Waals surface area (Å²) in [7, 11) is 0. The molecule has 0 atom stereocenters. The highest BCUT2D eigenvalue weighted by atomic mass is 35.5. The average molecular weight is 405 g/mol. The van der Waals surface area contributed by atoms with E-state index in [4.69, 9.17) is 21.4 Å². The molecule has 148 valence electrons. The van der Waals surface area contributed by atoms with Crippen molar-refractivity contribution in [2.45, 2.75) is 13.8 Å². The summed E-state index contributed by atoms with van der Waals surface area (Å²) in [4.78, 5) is 0. The fourth-order valence-corrected chi connectivity index (χ4v) is 2.32. The van der Waals surface area contributed by atoms with Gasteiger partial charge >= 0.3 is 0 Å². The first-order chi connectivity index (χ1) is 14.0. The molecule has 0 spiro atoms. The molecule has 1 N–H and O–H groups in total. The fraction of sp³-hybridized carbons (Fsp3) is 0.0769. The van der Waals surface area contributed by atoms with Crippen LogP contribution in [0.4, 0.5) is 0 Å². The van der Waals surface area contributed by atoms with Crippen LogP contribution >= 0.6 is 11.6 Å². The van der Waals surface area contributed by atoms with Crippen LogP contribution in [-0.2, 0) is 0 Å². The molecule has 4 aromatic carbocycles. The summed E-state index contributed by atoms with van der Waals surface area (Å²) in [6.45, 7) is 4.10. The minimum absolute atomic E-state index is 0.322. The molecule has 0 aliphatic carbocycles. The standard InChI is InChI=1S/C13H12O.C7H7Cl.C6H6O/c1-11-7-9-13(10-8-11)14-12-5-3-2-4-6-12;1-6-2-4-7(8)5-3-6;7-6-4-2-1-3-5-6/h2-10H,1H3;2-5H,1H3;1-5,7H. The van der Waals surface area contributed by atoms with E-state index >= 15 is 0 Å². The summed E-state index contributed by atoms with van der Waals surface area (Å²) in [6.07, 6.45) is 0. The van der Waals surface area contributed by atoms with Crippen LogP contribution in [0, 0.1) is 13.8 Å². The van der Waals surface area contributed by atoms with E-state index in [9.17, 15) is 0 Å². The largest absolute Gasteiger partial charge is 0.508 e. The SMILES string of the molecule is Cc1ccc(Cl)cc1.Cc1ccc(Oc2ccccc2)cc1.Oc1ccccc1. The van der Waals surface area contributed by atoms with E-state index in [2.05, 4.69) is 6.92 Å². The van der Waals surface area contributed by atoms with Gasteiger partial charge in [0.25, 0.3) is 0 Å². The van der Waals surface area contributed by atoms with E-state index in [-0.39, 0.29) is 0 Å². The van der Waals surface area contributed by atoms with Crippen molar-refractivity contribution in [1.82, 2.24) is 0 Å². The van der Waals surface area contributed by atoms with E-state index in [1.807, 2.05) is 91.9 Å². The number of aromatic hydroxyl groups is 1.